The Morgan fingerprint density at radius 2 is 2.00 bits per heavy atom. The molecule has 0 bridgehead atoms. The van der Waals surface area contributed by atoms with E-state index < -0.39 is 0 Å². The third-order valence-electron chi connectivity index (χ3n) is 3.12. The summed E-state index contributed by atoms with van der Waals surface area (Å²) < 4.78 is 0. The van der Waals surface area contributed by atoms with Crippen molar-refractivity contribution in [3.8, 4) is 0 Å². The normalized spacial score (nSPS) is 13.7. The minimum absolute atomic E-state index is 0.122. The maximum absolute atomic E-state index is 12.4. The Morgan fingerprint density at radius 3 is 2.80 bits per heavy atom. The zero-order valence-electron chi connectivity index (χ0n) is 10.9. The third-order valence-corrected chi connectivity index (χ3v) is 4.16. The molecule has 0 saturated heterocycles. The molecule has 0 radical (unpaired) electrons. The lowest BCUT2D eigenvalue weighted by molar-refractivity contribution is 0.257. The van der Waals surface area contributed by atoms with Gasteiger partial charge in [-0.05, 0) is 30.3 Å². The SMILES string of the molecule is Nc1ccc2c(c1)N(C(=O)Nc1ccccc1)CCS2. The van der Waals surface area contributed by atoms with Gasteiger partial charge >= 0.3 is 6.03 Å². The zero-order chi connectivity index (χ0) is 13.9. The largest absolute Gasteiger partial charge is 0.399 e. The highest BCUT2D eigenvalue weighted by Crippen LogP contribution is 2.36. The summed E-state index contributed by atoms with van der Waals surface area (Å²) in [6, 6.07) is 15.0. The molecule has 0 spiro atoms. The fraction of sp³-hybridized carbons (Fsp3) is 0.133. The van der Waals surface area contributed by atoms with Crippen molar-refractivity contribution in [1.29, 1.82) is 0 Å². The standard InChI is InChI=1S/C15H15N3OS/c16-11-6-7-14-13(10-11)18(8-9-20-14)15(19)17-12-4-2-1-3-5-12/h1-7,10H,8-9,16H2,(H,17,19). The van der Waals surface area contributed by atoms with Gasteiger partial charge < -0.3 is 11.1 Å². The fourth-order valence-electron chi connectivity index (χ4n) is 2.16. The van der Waals surface area contributed by atoms with Gasteiger partial charge in [-0.3, -0.25) is 4.90 Å². The van der Waals surface area contributed by atoms with E-state index in [1.54, 1.807) is 16.7 Å². The van der Waals surface area contributed by atoms with Crippen molar-refractivity contribution in [2.45, 2.75) is 4.90 Å². The molecule has 0 aromatic heterocycles. The second-order valence-corrected chi connectivity index (χ2v) is 5.66. The van der Waals surface area contributed by atoms with Gasteiger partial charge in [-0.25, -0.2) is 4.79 Å². The van der Waals surface area contributed by atoms with Crippen LogP contribution < -0.4 is 16.0 Å². The van der Waals surface area contributed by atoms with Gasteiger partial charge in [0.05, 0.1) is 5.69 Å². The van der Waals surface area contributed by atoms with Crippen LogP contribution in [0.5, 0.6) is 0 Å². The number of amides is 2. The Kier molecular flexibility index (Phi) is 3.52. The molecule has 3 rings (SSSR count). The summed E-state index contributed by atoms with van der Waals surface area (Å²) >= 11 is 1.75. The number of thioether (sulfide) groups is 1. The molecule has 1 heterocycles. The smallest absolute Gasteiger partial charge is 0.326 e. The van der Waals surface area contributed by atoms with Gasteiger partial charge in [-0.1, -0.05) is 18.2 Å². The molecular formula is C15H15N3OS. The van der Waals surface area contributed by atoms with Gasteiger partial charge in [0.2, 0.25) is 0 Å². The van der Waals surface area contributed by atoms with E-state index >= 15 is 0 Å². The van der Waals surface area contributed by atoms with E-state index in [4.69, 9.17) is 5.73 Å². The first kappa shape index (κ1) is 12.9. The molecule has 3 N–H and O–H groups in total. The zero-order valence-corrected chi connectivity index (χ0v) is 11.7. The highest BCUT2D eigenvalue weighted by Gasteiger charge is 2.23. The van der Waals surface area contributed by atoms with Crippen LogP contribution in [0.3, 0.4) is 0 Å². The highest BCUT2D eigenvalue weighted by molar-refractivity contribution is 7.99. The summed E-state index contributed by atoms with van der Waals surface area (Å²) in [7, 11) is 0. The minimum Gasteiger partial charge on any atom is -0.399 e. The second kappa shape index (κ2) is 5.46. The summed E-state index contributed by atoms with van der Waals surface area (Å²) in [4.78, 5) is 15.2. The van der Waals surface area contributed by atoms with E-state index in [1.807, 2.05) is 48.5 Å². The van der Waals surface area contributed by atoms with Gasteiger partial charge in [0.15, 0.2) is 0 Å². The van der Waals surface area contributed by atoms with Crippen LogP contribution in [0.25, 0.3) is 0 Å². The number of nitrogens with zero attached hydrogens (tertiary/aromatic N) is 1. The average molecular weight is 285 g/mol. The van der Waals surface area contributed by atoms with Crippen LogP contribution in [-0.4, -0.2) is 18.3 Å². The summed E-state index contributed by atoms with van der Waals surface area (Å²) in [6.07, 6.45) is 0. The first-order chi connectivity index (χ1) is 9.74. The molecule has 2 aromatic rings. The predicted octanol–water partition coefficient (Wildman–Crippen LogP) is 3.41. The van der Waals surface area contributed by atoms with E-state index in [1.165, 1.54) is 0 Å². The topological polar surface area (TPSA) is 58.4 Å². The summed E-state index contributed by atoms with van der Waals surface area (Å²) in [5.41, 5.74) is 8.18. The quantitative estimate of drug-likeness (QED) is 0.789. The average Bonchev–Trinajstić information content (AvgIpc) is 2.47. The number of nitrogens with one attached hydrogen (secondary N) is 1. The first-order valence-corrected chi connectivity index (χ1v) is 7.38. The van der Waals surface area contributed by atoms with E-state index in [2.05, 4.69) is 5.32 Å². The van der Waals surface area contributed by atoms with Gasteiger partial charge in [0.1, 0.15) is 0 Å². The van der Waals surface area contributed by atoms with Crippen molar-refractivity contribution in [1.82, 2.24) is 0 Å². The number of rotatable bonds is 1. The predicted molar refractivity (Wildman–Crippen MR) is 84.4 cm³/mol. The van der Waals surface area contributed by atoms with E-state index in [0.29, 0.717) is 12.2 Å². The Hall–Kier alpha value is -2.14. The Bertz CT molecular complexity index is 630. The van der Waals surface area contributed by atoms with Gasteiger partial charge in [-0.2, -0.15) is 0 Å². The number of benzene rings is 2. The third kappa shape index (κ3) is 2.58. The number of fused-ring (bicyclic) bond motifs is 1. The van der Waals surface area contributed by atoms with Gasteiger partial charge in [-0.15, -0.1) is 11.8 Å². The number of urea groups is 1. The summed E-state index contributed by atoms with van der Waals surface area (Å²) in [5.74, 6) is 0.888. The van der Waals surface area contributed by atoms with Crippen molar-refractivity contribution in [2.75, 3.05) is 28.2 Å². The van der Waals surface area contributed by atoms with Crippen molar-refractivity contribution in [3.05, 3.63) is 48.5 Å². The minimum atomic E-state index is -0.122. The molecule has 102 valence electrons. The molecule has 20 heavy (non-hydrogen) atoms. The molecule has 0 unspecified atom stereocenters. The molecule has 4 nitrogen and oxygen atoms in total. The lowest BCUT2D eigenvalue weighted by atomic mass is 10.2. The lowest BCUT2D eigenvalue weighted by Crippen LogP contribution is -2.38. The van der Waals surface area contributed by atoms with Crippen LogP contribution in [0.4, 0.5) is 21.9 Å². The van der Waals surface area contributed by atoms with Crippen LogP contribution in [0, 0.1) is 0 Å². The van der Waals surface area contributed by atoms with Crippen LogP contribution in [0.1, 0.15) is 0 Å². The van der Waals surface area contributed by atoms with Crippen LogP contribution >= 0.6 is 11.8 Å². The number of nitrogens with two attached hydrogens (primary N) is 1. The molecule has 2 aromatic carbocycles. The van der Waals surface area contributed by atoms with E-state index in [9.17, 15) is 4.79 Å². The monoisotopic (exact) mass is 285 g/mol. The molecule has 1 aliphatic rings. The molecule has 0 atom stereocenters. The summed E-state index contributed by atoms with van der Waals surface area (Å²) in [6.45, 7) is 0.680. The molecule has 1 aliphatic heterocycles. The fourth-order valence-corrected chi connectivity index (χ4v) is 3.13. The molecule has 2 amide bonds. The van der Waals surface area contributed by atoms with Crippen molar-refractivity contribution < 1.29 is 4.79 Å². The molecule has 0 fully saturated rings. The molecule has 5 heteroatoms. The van der Waals surface area contributed by atoms with E-state index in [0.717, 1.165) is 22.0 Å². The first-order valence-electron chi connectivity index (χ1n) is 6.40. The Balaban J connectivity index is 1.85. The van der Waals surface area contributed by atoms with Crippen LogP contribution in [0.15, 0.2) is 53.4 Å². The number of nitrogen functional groups attached to an aromatic ring is 1. The van der Waals surface area contributed by atoms with E-state index in [-0.39, 0.29) is 6.03 Å². The Labute approximate surface area is 122 Å². The van der Waals surface area contributed by atoms with Crippen molar-refractivity contribution in [2.24, 2.45) is 0 Å². The van der Waals surface area contributed by atoms with Crippen molar-refractivity contribution in [3.63, 3.8) is 0 Å². The number of hydrogen-bond acceptors (Lipinski definition) is 3. The van der Waals surface area contributed by atoms with Crippen LogP contribution in [-0.2, 0) is 0 Å². The lowest BCUT2D eigenvalue weighted by Gasteiger charge is -2.29. The van der Waals surface area contributed by atoms with Crippen molar-refractivity contribution >= 4 is 34.9 Å². The maximum Gasteiger partial charge on any atom is 0.326 e. The molecule has 0 saturated carbocycles. The number of carbonyl (C=O) groups is 1. The number of para-hydroxylation sites is 1. The Morgan fingerprint density at radius 1 is 1.20 bits per heavy atom. The maximum atomic E-state index is 12.4. The van der Waals surface area contributed by atoms with Crippen LogP contribution in [0.2, 0.25) is 0 Å². The molecule has 0 aliphatic carbocycles. The molecular weight excluding hydrogens is 270 g/mol. The highest BCUT2D eigenvalue weighted by atomic mass is 32.2. The number of carbonyl (C=O) groups excluding carboxylic acids is 1. The van der Waals surface area contributed by atoms with Gasteiger partial charge in [0, 0.05) is 28.6 Å². The second-order valence-electron chi connectivity index (χ2n) is 4.52. The summed E-state index contributed by atoms with van der Waals surface area (Å²) in [5, 5.41) is 2.91. The number of anilines is 3. The van der Waals surface area contributed by atoms with Gasteiger partial charge in [0.25, 0.3) is 0 Å². The number of hydrogen-bond donors (Lipinski definition) is 2.